The molecule has 1 atom stereocenters. The van der Waals surface area contributed by atoms with Gasteiger partial charge in [0.05, 0.1) is 17.5 Å². The Morgan fingerprint density at radius 2 is 2.27 bits per heavy atom. The third-order valence-corrected chi connectivity index (χ3v) is 2.37. The van der Waals surface area contributed by atoms with E-state index in [1.54, 1.807) is 13.0 Å². The molecule has 0 fully saturated rings. The molecule has 1 aromatic carbocycles. The van der Waals surface area contributed by atoms with E-state index < -0.39 is 0 Å². The largest absolute Gasteiger partial charge is 0.491 e. The molecule has 1 rings (SSSR count). The number of nitrogens with two attached hydrogens (primary N) is 1. The Hall–Kier alpha value is -1.22. The Morgan fingerprint density at radius 1 is 1.60 bits per heavy atom. The van der Waals surface area contributed by atoms with Crippen molar-refractivity contribution in [3.05, 3.63) is 28.8 Å². The molecule has 0 radical (unpaired) electrons. The van der Waals surface area contributed by atoms with Crippen molar-refractivity contribution in [3.63, 3.8) is 0 Å². The minimum absolute atomic E-state index is 0.249. The number of amides is 1. The number of primary amides is 1. The highest BCUT2D eigenvalue weighted by Crippen LogP contribution is 2.25. The maximum absolute atomic E-state index is 10.8. The summed E-state index contributed by atoms with van der Waals surface area (Å²) in [4.78, 5) is 10.8. The number of aryl methyl sites for hydroxylation is 1. The highest BCUT2D eigenvalue weighted by molar-refractivity contribution is 6.32. The molecule has 0 spiro atoms. The van der Waals surface area contributed by atoms with Gasteiger partial charge in [0.25, 0.3) is 0 Å². The highest BCUT2D eigenvalue weighted by atomic mass is 35.5. The summed E-state index contributed by atoms with van der Waals surface area (Å²) >= 11 is 5.92. The second-order valence-corrected chi connectivity index (χ2v) is 3.96. The van der Waals surface area contributed by atoms with E-state index in [0.717, 1.165) is 5.56 Å². The van der Waals surface area contributed by atoms with Gasteiger partial charge in [-0.3, -0.25) is 4.79 Å². The van der Waals surface area contributed by atoms with Crippen LogP contribution in [0.3, 0.4) is 0 Å². The first kappa shape index (κ1) is 11.9. The fourth-order valence-corrected chi connectivity index (χ4v) is 1.19. The zero-order valence-electron chi connectivity index (χ0n) is 8.79. The molecule has 0 bridgehead atoms. The zero-order valence-corrected chi connectivity index (χ0v) is 9.54. The van der Waals surface area contributed by atoms with Crippen molar-refractivity contribution in [2.24, 2.45) is 11.7 Å². The maximum Gasteiger partial charge on any atom is 0.223 e. The Kier molecular flexibility index (Phi) is 3.97. The van der Waals surface area contributed by atoms with Gasteiger partial charge in [-0.15, -0.1) is 0 Å². The quantitative estimate of drug-likeness (QED) is 0.857. The number of carbonyl (C=O) groups is 1. The molecule has 0 saturated heterocycles. The molecule has 82 valence electrons. The highest BCUT2D eigenvalue weighted by Gasteiger charge is 2.10. The molecular weight excluding hydrogens is 214 g/mol. The molecular formula is C11H14ClNO2. The van der Waals surface area contributed by atoms with Crippen molar-refractivity contribution in [2.75, 3.05) is 6.61 Å². The second-order valence-electron chi connectivity index (χ2n) is 3.55. The lowest BCUT2D eigenvalue weighted by Gasteiger charge is -2.11. The number of hydrogen-bond acceptors (Lipinski definition) is 2. The normalized spacial score (nSPS) is 12.2. The van der Waals surface area contributed by atoms with E-state index in [-0.39, 0.29) is 18.4 Å². The Labute approximate surface area is 94.2 Å². The van der Waals surface area contributed by atoms with Crippen molar-refractivity contribution < 1.29 is 9.53 Å². The molecule has 1 unspecified atom stereocenters. The van der Waals surface area contributed by atoms with Crippen molar-refractivity contribution in [3.8, 4) is 5.75 Å². The number of ether oxygens (including phenoxy) is 1. The Morgan fingerprint density at radius 3 is 2.87 bits per heavy atom. The van der Waals surface area contributed by atoms with Crippen LogP contribution in [-0.2, 0) is 4.79 Å². The molecule has 15 heavy (non-hydrogen) atoms. The molecule has 0 aromatic heterocycles. The molecule has 0 saturated carbocycles. The average Bonchev–Trinajstić information content (AvgIpc) is 2.18. The van der Waals surface area contributed by atoms with Gasteiger partial charge in [-0.05, 0) is 24.6 Å². The van der Waals surface area contributed by atoms with Crippen molar-refractivity contribution >= 4 is 17.5 Å². The van der Waals surface area contributed by atoms with Gasteiger partial charge in [0.2, 0.25) is 5.91 Å². The number of benzene rings is 1. The van der Waals surface area contributed by atoms with Gasteiger partial charge < -0.3 is 10.5 Å². The van der Waals surface area contributed by atoms with Crippen LogP contribution < -0.4 is 10.5 Å². The summed E-state index contributed by atoms with van der Waals surface area (Å²) in [5, 5.41) is 0.539. The van der Waals surface area contributed by atoms with Crippen LogP contribution in [0.4, 0.5) is 0 Å². The molecule has 0 heterocycles. The molecule has 0 aliphatic rings. The summed E-state index contributed by atoms with van der Waals surface area (Å²) in [6, 6.07) is 5.49. The standard InChI is InChI=1S/C11H14ClNO2/c1-7-3-4-9(12)10(5-7)15-6-8(2)11(13)14/h3-5,8H,6H2,1-2H3,(H2,13,14). The van der Waals surface area contributed by atoms with E-state index in [1.807, 2.05) is 19.1 Å². The predicted octanol–water partition coefficient (Wildman–Crippen LogP) is 2.15. The molecule has 1 aromatic rings. The number of rotatable bonds is 4. The first-order valence-corrected chi connectivity index (χ1v) is 5.06. The number of halogens is 1. The minimum atomic E-state index is -0.376. The average molecular weight is 228 g/mol. The minimum Gasteiger partial charge on any atom is -0.491 e. The van der Waals surface area contributed by atoms with E-state index in [9.17, 15) is 4.79 Å². The first-order chi connectivity index (χ1) is 7.00. The molecule has 4 heteroatoms. The summed E-state index contributed by atoms with van der Waals surface area (Å²) in [6.07, 6.45) is 0. The van der Waals surface area contributed by atoms with E-state index in [2.05, 4.69) is 0 Å². The smallest absolute Gasteiger partial charge is 0.223 e. The Bertz CT molecular complexity index is 366. The summed E-state index contributed by atoms with van der Waals surface area (Å²) in [7, 11) is 0. The van der Waals surface area contributed by atoms with Crippen molar-refractivity contribution in [2.45, 2.75) is 13.8 Å². The zero-order chi connectivity index (χ0) is 11.4. The van der Waals surface area contributed by atoms with Gasteiger partial charge in [-0.1, -0.05) is 24.6 Å². The third-order valence-electron chi connectivity index (χ3n) is 2.06. The van der Waals surface area contributed by atoms with E-state index in [0.29, 0.717) is 10.8 Å². The van der Waals surface area contributed by atoms with Crippen LogP contribution in [0.15, 0.2) is 18.2 Å². The van der Waals surface area contributed by atoms with Gasteiger partial charge in [0.1, 0.15) is 5.75 Å². The summed E-state index contributed by atoms with van der Waals surface area (Å²) in [5.74, 6) is -0.106. The third kappa shape index (κ3) is 3.44. The van der Waals surface area contributed by atoms with Gasteiger partial charge in [-0.25, -0.2) is 0 Å². The fraction of sp³-hybridized carbons (Fsp3) is 0.364. The SMILES string of the molecule is Cc1ccc(Cl)c(OCC(C)C(N)=O)c1. The molecule has 2 N–H and O–H groups in total. The Balaban J connectivity index is 2.65. The monoisotopic (exact) mass is 227 g/mol. The lowest BCUT2D eigenvalue weighted by Crippen LogP contribution is -2.25. The maximum atomic E-state index is 10.8. The second kappa shape index (κ2) is 5.03. The van der Waals surface area contributed by atoms with Crippen LogP contribution in [0.1, 0.15) is 12.5 Å². The first-order valence-electron chi connectivity index (χ1n) is 4.69. The van der Waals surface area contributed by atoms with Gasteiger partial charge in [0.15, 0.2) is 0 Å². The van der Waals surface area contributed by atoms with Gasteiger partial charge >= 0.3 is 0 Å². The molecule has 3 nitrogen and oxygen atoms in total. The van der Waals surface area contributed by atoms with Crippen LogP contribution >= 0.6 is 11.6 Å². The topological polar surface area (TPSA) is 52.3 Å². The lowest BCUT2D eigenvalue weighted by atomic mass is 10.2. The summed E-state index contributed by atoms with van der Waals surface area (Å²) in [5.41, 5.74) is 6.17. The lowest BCUT2D eigenvalue weighted by molar-refractivity contribution is -0.122. The summed E-state index contributed by atoms with van der Waals surface area (Å²) < 4.78 is 5.41. The predicted molar refractivity (Wildman–Crippen MR) is 60.0 cm³/mol. The molecule has 1 amide bonds. The van der Waals surface area contributed by atoms with Crippen LogP contribution in [0.2, 0.25) is 5.02 Å². The van der Waals surface area contributed by atoms with E-state index in [1.165, 1.54) is 0 Å². The number of carbonyl (C=O) groups excluding carboxylic acids is 1. The summed E-state index contributed by atoms with van der Waals surface area (Å²) in [6.45, 7) is 3.91. The fourth-order valence-electron chi connectivity index (χ4n) is 1.02. The van der Waals surface area contributed by atoms with Crippen LogP contribution in [0.5, 0.6) is 5.75 Å². The molecule has 0 aliphatic heterocycles. The van der Waals surface area contributed by atoms with Crippen molar-refractivity contribution in [1.29, 1.82) is 0 Å². The van der Waals surface area contributed by atoms with Gasteiger partial charge in [-0.2, -0.15) is 0 Å². The van der Waals surface area contributed by atoms with E-state index in [4.69, 9.17) is 22.1 Å². The van der Waals surface area contributed by atoms with Crippen LogP contribution in [0, 0.1) is 12.8 Å². The van der Waals surface area contributed by atoms with Crippen molar-refractivity contribution in [1.82, 2.24) is 0 Å². The van der Waals surface area contributed by atoms with Crippen LogP contribution in [0.25, 0.3) is 0 Å². The number of hydrogen-bond donors (Lipinski definition) is 1. The van der Waals surface area contributed by atoms with E-state index >= 15 is 0 Å². The molecule has 0 aliphatic carbocycles. The van der Waals surface area contributed by atoms with Crippen LogP contribution in [-0.4, -0.2) is 12.5 Å². The van der Waals surface area contributed by atoms with Gasteiger partial charge in [0, 0.05) is 0 Å².